The fraction of sp³-hybridized carbons (Fsp3) is 0.576. The van der Waals surface area contributed by atoms with Crippen LogP contribution in [0.15, 0.2) is 41.9 Å². The van der Waals surface area contributed by atoms with Gasteiger partial charge in [-0.1, -0.05) is 76.3 Å². The molecule has 1 fully saturated rings. The molecule has 2 aromatic rings. The Kier molecular flexibility index (Phi) is 14.2. The molecule has 0 radical (unpaired) electrons. The molecule has 3 amide bonds. The van der Waals surface area contributed by atoms with Gasteiger partial charge < -0.3 is 21.7 Å². The Labute approximate surface area is 272 Å². The lowest BCUT2D eigenvalue weighted by molar-refractivity contribution is -0.130. The van der Waals surface area contributed by atoms with Gasteiger partial charge in [0, 0.05) is 18.2 Å². The maximum atomic E-state index is 13.8. The number of carbonyl (C=O) groups is 3. The number of rotatable bonds is 16. The van der Waals surface area contributed by atoms with E-state index in [2.05, 4.69) is 20.9 Å². The molecule has 3 atom stereocenters. The predicted molar refractivity (Wildman–Crippen MR) is 179 cm³/mol. The molecular formula is C33H49N5O5S2. The van der Waals surface area contributed by atoms with Crippen molar-refractivity contribution in [1.82, 2.24) is 20.9 Å². The topological polar surface area (TPSA) is 160 Å². The van der Waals surface area contributed by atoms with E-state index in [0.717, 1.165) is 59.9 Å². The quantitative estimate of drug-likeness (QED) is 0.210. The zero-order valence-corrected chi connectivity index (χ0v) is 28.5. The van der Waals surface area contributed by atoms with Crippen LogP contribution in [0.1, 0.15) is 91.0 Å². The number of nitrogens with one attached hydrogen (secondary N) is 3. The number of thiazole rings is 1. The van der Waals surface area contributed by atoms with E-state index in [0.29, 0.717) is 36.6 Å². The second-order valence-electron chi connectivity index (χ2n) is 12.5. The lowest BCUT2D eigenvalue weighted by Crippen LogP contribution is -2.55. The third-order valence-corrected chi connectivity index (χ3v) is 9.56. The van der Waals surface area contributed by atoms with Gasteiger partial charge in [-0.25, -0.2) is 13.4 Å². The van der Waals surface area contributed by atoms with Crippen LogP contribution in [-0.2, 0) is 32.4 Å². The number of aromatic nitrogens is 1. The minimum atomic E-state index is -3.44. The predicted octanol–water partition coefficient (Wildman–Crippen LogP) is 4.19. The second-order valence-corrected chi connectivity index (χ2v) is 15.7. The molecule has 1 aliphatic carbocycles. The molecule has 248 valence electrons. The molecule has 45 heavy (non-hydrogen) atoms. The molecular weight excluding hydrogens is 611 g/mol. The first-order chi connectivity index (χ1) is 21.3. The van der Waals surface area contributed by atoms with E-state index >= 15 is 0 Å². The van der Waals surface area contributed by atoms with E-state index in [-0.39, 0.29) is 11.8 Å². The molecule has 1 heterocycles. The Morgan fingerprint density at radius 2 is 1.64 bits per heavy atom. The number of aryl methyl sites for hydroxylation is 1. The van der Waals surface area contributed by atoms with Crippen LogP contribution in [-0.4, -0.2) is 55.5 Å². The average molecular weight is 660 g/mol. The van der Waals surface area contributed by atoms with Crippen molar-refractivity contribution in [1.29, 1.82) is 0 Å². The number of benzene rings is 1. The van der Waals surface area contributed by atoms with Crippen LogP contribution < -0.4 is 21.7 Å². The van der Waals surface area contributed by atoms with Crippen LogP contribution in [0.2, 0.25) is 0 Å². The summed E-state index contributed by atoms with van der Waals surface area (Å²) in [6.45, 7) is 6.15. The van der Waals surface area contributed by atoms with E-state index in [1.165, 1.54) is 30.0 Å². The Morgan fingerprint density at radius 1 is 1.00 bits per heavy atom. The highest BCUT2D eigenvalue weighted by atomic mass is 32.2. The molecule has 12 heteroatoms. The van der Waals surface area contributed by atoms with E-state index < -0.39 is 39.8 Å². The van der Waals surface area contributed by atoms with Gasteiger partial charge >= 0.3 is 0 Å². The molecule has 1 aliphatic rings. The van der Waals surface area contributed by atoms with Crippen molar-refractivity contribution in [3.8, 4) is 0 Å². The highest BCUT2D eigenvalue weighted by Crippen LogP contribution is 2.28. The lowest BCUT2D eigenvalue weighted by atomic mass is 9.85. The number of amides is 3. The standard InChI is InChI=1S/C33H49N5O5S2/c1-22(2)18-29(38-33(41)30-21-35-23(3)44-30)32(40)37-28(15-14-24-8-6-5-7-9-24)31(39)36-27(16-17-45(4,42)43)19-25-10-12-26(20-34)13-11-25/h10-13,16-17,21-22,24,27-29H,5-9,14-15,18-20,34H2,1-4H3,(H,36,39)(H,37,40)(H,38,41)/b17-16+/t27-,28+,29+/m1/s1. The molecule has 0 spiro atoms. The maximum Gasteiger partial charge on any atom is 0.263 e. The summed E-state index contributed by atoms with van der Waals surface area (Å²) in [5, 5.41) is 10.6. The molecule has 10 nitrogen and oxygen atoms in total. The molecule has 0 aliphatic heterocycles. The number of carbonyl (C=O) groups excluding carboxylic acids is 3. The van der Waals surface area contributed by atoms with Crippen molar-refractivity contribution in [2.75, 3.05) is 6.26 Å². The highest BCUT2D eigenvalue weighted by Gasteiger charge is 2.30. The zero-order valence-electron chi connectivity index (χ0n) is 26.9. The van der Waals surface area contributed by atoms with Gasteiger partial charge in [-0.3, -0.25) is 14.4 Å². The van der Waals surface area contributed by atoms with Crippen LogP contribution in [0.5, 0.6) is 0 Å². The van der Waals surface area contributed by atoms with Gasteiger partial charge in [0.2, 0.25) is 11.8 Å². The minimum Gasteiger partial charge on any atom is -0.348 e. The summed E-state index contributed by atoms with van der Waals surface area (Å²) in [7, 11) is -3.44. The van der Waals surface area contributed by atoms with Crippen LogP contribution >= 0.6 is 11.3 Å². The molecule has 1 aromatic carbocycles. The van der Waals surface area contributed by atoms with Gasteiger partial charge in [0.05, 0.1) is 17.2 Å². The summed E-state index contributed by atoms with van der Waals surface area (Å²) >= 11 is 1.25. The van der Waals surface area contributed by atoms with Crippen molar-refractivity contribution in [2.24, 2.45) is 17.6 Å². The molecule has 0 saturated heterocycles. The third kappa shape index (κ3) is 13.0. The van der Waals surface area contributed by atoms with Crippen LogP contribution in [0.25, 0.3) is 0 Å². The highest BCUT2D eigenvalue weighted by molar-refractivity contribution is 7.93. The Hall–Kier alpha value is -3.09. The fourth-order valence-corrected chi connectivity index (χ4v) is 6.73. The molecule has 1 aromatic heterocycles. The summed E-state index contributed by atoms with van der Waals surface area (Å²) in [6.07, 6.45) is 11.8. The SMILES string of the molecule is Cc1ncc(C(=O)N[C@@H](CC(C)C)C(=O)N[C@@H](CCC2CCCCC2)C(=O)N[C@H](/C=C/S(C)(=O)=O)Cc2ccc(CN)cc2)s1. The van der Waals surface area contributed by atoms with E-state index in [1.54, 1.807) is 0 Å². The Balaban J connectivity index is 1.81. The van der Waals surface area contributed by atoms with Gasteiger partial charge in [-0.2, -0.15) is 0 Å². The number of hydrogen-bond acceptors (Lipinski definition) is 8. The number of nitrogens with two attached hydrogens (primary N) is 1. The van der Waals surface area contributed by atoms with Crippen molar-refractivity contribution < 1.29 is 22.8 Å². The maximum absolute atomic E-state index is 13.8. The largest absolute Gasteiger partial charge is 0.348 e. The molecule has 0 unspecified atom stereocenters. The Bertz CT molecular complexity index is 1400. The summed E-state index contributed by atoms with van der Waals surface area (Å²) in [5.74, 6) is -0.615. The molecule has 1 saturated carbocycles. The van der Waals surface area contributed by atoms with Gasteiger partial charge in [0.25, 0.3) is 5.91 Å². The van der Waals surface area contributed by atoms with E-state index in [4.69, 9.17) is 5.73 Å². The number of nitrogens with zero attached hydrogens (tertiary/aromatic N) is 1. The average Bonchev–Trinajstić information content (AvgIpc) is 3.44. The number of sulfone groups is 1. The van der Waals surface area contributed by atoms with Crippen LogP contribution in [0.4, 0.5) is 0 Å². The summed E-state index contributed by atoms with van der Waals surface area (Å²) < 4.78 is 23.9. The van der Waals surface area contributed by atoms with Crippen molar-refractivity contribution in [3.63, 3.8) is 0 Å². The summed E-state index contributed by atoms with van der Waals surface area (Å²) in [6, 6.07) is 5.28. The first-order valence-electron chi connectivity index (χ1n) is 15.8. The fourth-order valence-electron chi connectivity index (χ4n) is 5.57. The second kappa shape index (κ2) is 17.6. The third-order valence-electron chi connectivity index (χ3n) is 8.00. The normalized spacial score (nSPS) is 16.3. The van der Waals surface area contributed by atoms with Crippen molar-refractivity contribution >= 4 is 38.9 Å². The summed E-state index contributed by atoms with van der Waals surface area (Å²) in [5.41, 5.74) is 7.59. The van der Waals surface area contributed by atoms with E-state index in [9.17, 15) is 22.8 Å². The van der Waals surface area contributed by atoms with Crippen LogP contribution in [0, 0.1) is 18.8 Å². The van der Waals surface area contributed by atoms with Gasteiger partial charge in [0.15, 0.2) is 9.84 Å². The minimum absolute atomic E-state index is 0.106. The van der Waals surface area contributed by atoms with Gasteiger partial charge in [0.1, 0.15) is 17.0 Å². The first-order valence-corrected chi connectivity index (χ1v) is 18.6. The van der Waals surface area contributed by atoms with Gasteiger partial charge in [-0.15, -0.1) is 11.3 Å². The zero-order chi connectivity index (χ0) is 33.0. The Morgan fingerprint density at radius 3 is 2.22 bits per heavy atom. The first kappa shape index (κ1) is 36.4. The van der Waals surface area contributed by atoms with E-state index in [1.807, 2.05) is 45.0 Å². The van der Waals surface area contributed by atoms with Crippen molar-refractivity contribution in [2.45, 2.75) is 103 Å². The lowest BCUT2D eigenvalue weighted by Gasteiger charge is -2.27. The molecule has 3 rings (SSSR count). The van der Waals surface area contributed by atoms with Crippen LogP contribution in [0.3, 0.4) is 0 Å². The number of hydrogen-bond donors (Lipinski definition) is 4. The van der Waals surface area contributed by atoms with Crippen molar-refractivity contribution in [3.05, 3.63) is 63.0 Å². The molecule has 5 N–H and O–H groups in total. The summed E-state index contributed by atoms with van der Waals surface area (Å²) in [4.78, 5) is 45.1. The molecule has 0 bridgehead atoms. The van der Waals surface area contributed by atoms with Gasteiger partial charge in [-0.05, 0) is 55.6 Å². The monoisotopic (exact) mass is 659 g/mol. The smallest absolute Gasteiger partial charge is 0.263 e.